The Labute approximate surface area is 162 Å². The number of ether oxygens (including phenoxy) is 1. The number of thioether (sulfide) groups is 1. The molecule has 0 radical (unpaired) electrons. The monoisotopic (exact) mass is 388 g/mol. The molecule has 0 aromatic carbocycles. The number of carbonyl (C=O) groups excluding carboxylic acids is 1. The molecule has 26 heavy (non-hydrogen) atoms. The summed E-state index contributed by atoms with van der Waals surface area (Å²) in [7, 11) is 2.17. The minimum atomic E-state index is -0.402. The Balaban J connectivity index is 2.10. The second kappa shape index (κ2) is 8.21. The molecule has 3 heterocycles. The predicted molar refractivity (Wildman–Crippen MR) is 103 cm³/mol. The summed E-state index contributed by atoms with van der Waals surface area (Å²) in [6.07, 6.45) is 0.882. The van der Waals surface area contributed by atoms with Crippen LogP contribution in [0, 0.1) is 11.3 Å². The highest BCUT2D eigenvalue weighted by Gasteiger charge is 2.29. The highest BCUT2D eigenvalue weighted by molar-refractivity contribution is 8.00. The van der Waals surface area contributed by atoms with Gasteiger partial charge in [-0.15, -0.1) is 11.3 Å². The number of rotatable bonds is 5. The number of nitriles is 1. The summed E-state index contributed by atoms with van der Waals surface area (Å²) >= 11 is 2.95. The van der Waals surface area contributed by atoms with Gasteiger partial charge in [0.25, 0.3) is 0 Å². The lowest BCUT2D eigenvalue weighted by Crippen LogP contribution is -3.08. The van der Waals surface area contributed by atoms with Crippen molar-refractivity contribution in [3.05, 3.63) is 34.3 Å². The van der Waals surface area contributed by atoms with Crippen LogP contribution in [0.1, 0.15) is 30.7 Å². The average molecular weight is 389 g/mol. The van der Waals surface area contributed by atoms with Crippen LogP contribution in [0.3, 0.4) is 0 Å². The van der Waals surface area contributed by atoms with E-state index >= 15 is 0 Å². The average Bonchev–Trinajstić information content (AvgIpc) is 3.15. The molecule has 1 aliphatic rings. The van der Waals surface area contributed by atoms with Gasteiger partial charge in [0.1, 0.15) is 22.9 Å². The van der Waals surface area contributed by atoms with E-state index in [1.165, 1.54) is 22.2 Å². The van der Waals surface area contributed by atoms with Crippen LogP contribution >= 0.6 is 23.1 Å². The van der Waals surface area contributed by atoms with Gasteiger partial charge in [0.15, 0.2) is 0 Å². The Hall–Kier alpha value is -1.88. The molecular weight excluding hydrogens is 366 g/mol. The summed E-state index contributed by atoms with van der Waals surface area (Å²) in [5.74, 6) is -0.275. The molecule has 2 atom stereocenters. The molecule has 0 saturated heterocycles. The molecule has 0 spiro atoms. The van der Waals surface area contributed by atoms with Gasteiger partial charge in [-0.25, -0.2) is 4.98 Å². The van der Waals surface area contributed by atoms with Crippen LogP contribution in [-0.2, 0) is 22.5 Å². The lowest BCUT2D eigenvalue weighted by molar-refractivity contribution is -0.895. The summed E-state index contributed by atoms with van der Waals surface area (Å²) in [6, 6.07) is 6.41. The molecule has 0 bridgehead atoms. The number of hydrogen-bond acceptors (Lipinski definition) is 6. The molecule has 0 amide bonds. The maximum atomic E-state index is 12.0. The maximum Gasteiger partial charge on any atom is 0.319 e. The number of esters is 1. The molecule has 5 nitrogen and oxygen atoms in total. The third-order valence-electron chi connectivity index (χ3n) is 4.40. The Morgan fingerprint density at radius 2 is 2.38 bits per heavy atom. The van der Waals surface area contributed by atoms with Crippen molar-refractivity contribution in [3.8, 4) is 16.5 Å². The number of nitrogens with one attached hydrogen (secondary N) is 1. The van der Waals surface area contributed by atoms with Crippen LogP contribution < -0.4 is 4.90 Å². The number of nitrogens with zero attached hydrogens (tertiary/aromatic N) is 2. The van der Waals surface area contributed by atoms with Crippen LogP contribution in [0.4, 0.5) is 0 Å². The summed E-state index contributed by atoms with van der Waals surface area (Å²) in [4.78, 5) is 19.3. The Kier molecular flexibility index (Phi) is 5.97. The SMILES string of the molecule is CCOC(=O)[C@@H](C)Sc1nc2c(c(-c3cccs3)c1C#N)C[NH+](C)CC2. The normalized spacial score (nSPS) is 17.2. The van der Waals surface area contributed by atoms with Gasteiger partial charge in [-0.05, 0) is 25.3 Å². The second-order valence-corrected chi connectivity index (χ2v) is 8.60. The predicted octanol–water partition coefficient (Wildman–Crippen LogP) is 2.30. The molecule has 2 aromatic heterocycles. The molecule has 1 unspecified atom stereocenters. The summed E-state index contributed by atoms with van der Waals surface area (Å²) < 4.78 is 5.11. The van der Waals surface area contributed by atoms with Gasteiger partial charge in [-0.1, -0.05) is 17.8 Å². The molecule has 1 N–H and O–H groups in total. The van der Waals surface area contributed by atoms with Crippen molar-refractivity contribution in [1.82, 2.24) is 4.98 Å². The van der Waals surface area contributed by atoms with Crippen molar-refractivity contribution in [3.63, 3.8) is 0 Å². The molecular formula is C19H22N3O2S2+. The molecule has 7 heteroatoms. The zero-order chi connectivity index (χ0) is 18.7. The first-order valence-electron chi connectivity index (χ1n) is 8.69. The Morgan fingerprint density at radius 1 is 1.58 bits per heavy atom. The first kappa shape index (κ1) is 18.9. The fourth-order valence-electron chi connectivity index (χ4n) is 3.12. The van der Waals surface area contributed by atoms with E-state index in [0.717, 1.165) is 35.6 Å². The first-order chi connectivity index (χ1) is 12.5. The van der Waals surface area contributed by atoms with Crippen LogP contribution in [0.25, 0.3) is 10.4 Å². The zero-order valence-corrected chi connectivity index (χ0v) is 16.8. The van der Waals surface area contributed by atoms with E-state index < -0.39 is 5.25 Å². The van der Waals surface area contributed by atoms with E-state index in [1.807, 2.05) is 17.5 Å². The van der Waals surface area contributed by atoms with E-state index in [-0.39, 0.29) is 5.97 Å². The molecule has 136 valence electrons. The van der Waals surface area contributed by atoms with E-state index in [0.29, 0.717) is 17.2 Å². The molecule has 0 aliphatic carbocycles. The van der Waals surface area contributed by atoms with E-state index in [1.54, 1.807) is 25.2 Å². The smallest absolute Gasteiger partial charge is 0.319 e. The van der Waals surface area contributed by atoms with Gasteiger partial charge >= 0.3 is 5.97 Å². The number of thiophene rings is 1. The van der Waals surface area contributed by atoms with Crippen molar-refractivity contribution in [1.29, 1.82) is 5.26 Å². The number of likely N-dealkylation sites (N-methyl/N-ethyl adjacent to an activating group) is 1. The Morgan fingerprint density at radius 3 is 3.04 bits per heavy atom. The van der Waals surface area contributed by atoms with Crippen LogP contribution in [0.15, 0.2) is 22.5 Å². The van der Waals surface area contributed by atoms with E-state index in [4.69, 9.17) is 9.72 Å². The summed E-state index contributed by atoms with van der Waals surface area (Å²) in [5.41, 5.74) is 3.78. The number of pyridine rings is 1. The maximum absolute atomic E-state index is 12.0. The van der Waals surface area contributed by atoms with Crippen LogP contribution in [-0.4, -0.2) is 36.4 Å². The van der Waals surface area contributed by atoms with Crippen molar-refractivity contribution >= 4 is 29.1 Å². The zero-order valence-electron chi connectivity index (χ0n) is 15.2. The lowest BCUT2D eigenvalue weighted by atomic mass is 9.96. The summed E-state index contributed by atoms with van der Waals surface area (Å²) in [6.45, 7) is 5.83. The van der Waals surface area contributed by atoms with Crippen molar-refractivity contribution < 1.29 is 14.4 Å². The molecule has 1 aliphatic heterocycles. The van der Waals surface area contributed by atoms with Gasteiger partial charge in [-0.3, -0.25) is 4.79 Å². The minimum Gasteiger partial charge on any atom is -0.465 e. The number of hydrogen-bond donors (Lipinski definition) is 1. The second-order valence-electron chi connectivity index (χ2n) is 6.33. The number of carbonyl (C=O) groups is 1. The van der Waals surface area contributed by atoms with Crippen LogP contribution in [0.5, 0.6) is 0 Å². The number of quaternary nitrogens is 1. The third kappa shape index (κ3) is 3.78. The van der Waals surface area contributed by atoms with Gasteiger partial charge in [0.05, 0.1) is 31.5 Å². The van der Waals surface area contributed by atoms with E-state index in [2.05, 4.69) is 13.1 Å². The van der Waals surface area contributed by atoms with E-state index in [9.17, 15) is 10.1 Å². The topological polar surface area (TPSA) is 67.4 Å². The van der Waals surface area contributed by atoms with Crippen molar-refractivity contribution in [2.75, 3.05) is 20.2 Å². The van der Waals surface area contributed by atoms with Crippen molar-refractivity contribution in [2.24, 2.45) is 0 Å². The largest absolute Gasteiger partial charge is 0.465 e. The molecule has 2 aromatic rings. The fourth-order valence-corrected chi connectivity index (χ4v) is 4.86. The van der Waals surface area contributed by atoms with Crippen molar-refractivity contribution in [2.45, 2.75) is 37.1 Å². The quantitative estimate of drug-likeness (QED) is 0.629. The van der Waals surface area contributed by atoms with Gasteiger partial charge in [0.2, 0.25) is 0 Å². The van der Waals surface area contributed by atoms with Gasteiger partial charge in [0, 0.05) is 22.4 Å². The Bertz CT molecular complexity index is 843. The molecule has 0 fully saturated rings. The number of aromatic nitrogens is 1. The standard InChI is InChI=1S/C19H21N3O2S2/c1-4-24-19(23)12(2)26-18-13(10-20)17(16-6-5-9-25-16)14-11-22(3)8-7-15(14)21-18/h5-6,9,12H,4,7-8,11H2,1-3H3/p+1/t12-/m1/s1. The fraction of sp³-hybridized carbons (Fsp3) is 0.421. The molecule has 0 saturated carbocycles. The highest BCUT2D eigenvalue weighted by Crippen LogP contribution is 2.38. The first-order valence-corrected chi connectivity index (χ1v) is 10.4. The number of fused-ring (bicyclic) bond motifs is 1. The summed E-state index contributed by atoms with van der Waals surface area (Å²) in [5, 5.41) is 12.2. The highest BCUT2D eigenvalue weighted by atomic mass is 32.2. The lowest BCUT2D eigenvalue weighted by Gasteiger charge is -2.25. The van der Waals surface area contributed by atoms with Gasteiger partial charge in [-0.2, -0.15) is 5.26 Å². The van der Waals surface area contributed by atoms with Gasteiger partial charge < -0.3 is 9.64 Å². The molecule has 3 rings (SSSR count). The van der Waals surface area contributed by atoms with Crippen LogP contribution in [0.2, 0.25) is 0 Å². The third-order valence-corrected chi connectivity index (χ3v) is 6.36. The minimum absolute atomic E-state index is 0.275.